The van der Waals surface area contributed by atoms with Crippen LogP contribution in [0.15, 0.2) is 9.98 Å². The maximum absolute atomic E-state index is 5.40. The SMILES string of the molecule is CSC(C)CCN=C(N)N=C(N)N. The average molecular weight is 203 g/mol. The highest BCUT2D eigenvalue weighted by atomic mass is 32.2. The average Bonchev–Trinajstić information content (AvgIpc) is 2.02. The van der Waals surface area contributed by atoms with Crippen LogP contribution in [-0.4, -0.2) is 30.0 Å². The van der Waals surface area contributed by atoms with Crippen molar-refractivity contribution in [1.82, 2.24) is 0 Å². The number of rotatable bonds is 4. The zero-order valence-corrected chi connectivity index (χ0v) is 8.84. The predicted molar refractivity (Wildman–Crippen MR) is 59.9 cm³/mol. The van der Waals surface area contributed by atoms with Gasteiger partial charge in [-0.05, 0) is 12.7 Å². The summed E-state index contributed by atoms with van der Waals surface area (Å²) in [4.78, 5) is 7.58. The first-order valence-corrected chi connectivity index (χ1v) is 5.27. The van der Waals surface area contributed by atoms with E-state index in [4.69, 9.17) is 17.2 Å². The van der Waals surface area contributed by atoms with Crippen molar-refractivity contribution in [2.24, 2.45) is 27.2 Å². The van der Waals surface area contributed by atoms with Crippen LogP contribution in [0.3, 0.4) is 0 Å². The molecule has 1 atom stereocenters. The Bertz CT molecular complexity index is 197. The van der Waals surface area contributed by atoms with E-state index < -0.39 is 0 Å². The Hall–Kier alpha value is -0.910. The number of nitrogens with zero attached hydrogens (tertiary/aromatic N) is 2. The highest BCUT2D eigenvalue weighted by Gasteiger charge is 1.97. The molecule has 0 bridgehead atoms. The van der Waals surface area contributed by atoms with Gasteiger partial charge in [0.15, 0.2) is 5.96 Å². The lowest BCUT2D eigenvalue weighted by atomic mass is 10.3. The van der Waals surface area contributed by atoms with Crippen molar-refractivity contribution < 1.29 is 0 Å². The Morgan fingerprint density at radius 2 is 2.00 bits per heavy atom. The molecule has 0 amide bonds. The van der Waals surface area contributed by atoms with Gasteiger partial charge in [0.2, 0.25) is 5.96 Å². The molecule has 6 N–H and O–H groups in total. The van der Waals surface area contributed by atoms with Gasteiger partial charge in [-0.15, -0.1) is 0 Å². The fourth-order valence-electron chi connectivity index (χ4n) is 0.646. The topological polar surface area (TPSA) is 103 Å². The molecule has 0 aromatic rings. The zero-order valence-electron chi connectivity index (χ0n) is 8.03. The maximum Gasteiger partial charge on any atom is 0.218 e. The number of nitrogens with two attached hydrogens (primary N) is 3. The lowest BCUT2D eigenvalue weighted by Gasteiger charge is -2.04. The molecule has 0 saturated heterocycles. The molecule has 0 heterocycles. The molecule has 0 aliphatic carbocycles. The van der Waals surface area contributed by atoms with Crippen molar-refractivity contribution in [2.45, 2.75) is 18.6 Å². The molecule has 6 heteroatoms. The lowest BCUT2D eigenvalue weighted by molar-refractivity contribution is 0.823. The molecule has 0 rings (SSSR count). The van der Waals surface area contributed by atoms with E-state index in [9.17, 15) is 0 Å². The first kappa shape index (κ1) is 12.1. The van der Waals surface area contributed by atoms with Crippen LogP contribution in [0.1, 0.15) is 13.3 Å². The van der Waals surface area contributed by atoms with Gasteiger partial charge in [0.05, 0.1) is 0 Å². The van der Waals surface area contributed by atoms with Crippen LogP contribution in [-0.2, 0) is 0 Å². The summed E-state index contributed by atoms with van der Waals surface area (Å²) in [7, 11) is 0. The molecule has 0 fully saturated rings. The fraction of sp³-hybridized carbons (Fsp3) is 0.714. The first-order valence-electron chi connectivity index (χ1n) is 3.98. The molecule has 76 valence electrons. The lowest BCUT2D eigenvalue weighted by Crippen LogP contribution is -2.26. The van der Waals surface area contributed by atoms with Gasteiger partial charge in [-0.3, -0.25) is 4.99 Å². The molecule has 0 aliphatic heterocycles. The molecular formula is C7H17N5S. The van der Waals surface area contributed by atoms with Crippen LogP contribution in [0.5, 0.6) is 0 Å². The van der Waals surface area contributed by atoms with E-state index in [1.807, 2.05) is 0 Å². The van der Waals surface area contributed by atoms with E-state index in [0.29, 0.717) is 11.8 Å². The zero-order chi connectivity index (χ0) is 10.3. The van der Waals surface area contributed by atoms with Crippen LogP contribution < -0.4 is 17.2 Å². The standard InChI is InChI=1S/C7H17N5S/c1-5(13-2)3-4-11-7(10)12-6(8)9/h5H,3-4H2,1-2H3,(H6,8,9,10,11,12). The number of guanidine groups is 2. The van der Waals surface area contributed by atoms with Gasteiger partial charge in [-0.1, -0.05) is 6.92 Å². The van der Waals surface area contributed by atoms with Crippen molar-refractivity contribution in [3.63, 3.8) is 0 Å². The van der Waals surface area contributed by atoms with Crippen molar-refractivity contribution >= 4 is 23.7 Å². The van der Waals surface area contributed by atoms with Gasteiger partial charge in [-0.2, -0.15) is 16.8 Å². The number of thioether (sulfide) groups is 1. The first-order chi connectivity index (χ1) is 6.06. The summed E-state index contributed by atoms with van der Waals surface area (Å²) in [6.07, 6.45) is 3.04. The van der Waals surface area contributed by atoms with E-state index in [2.05, 4.69) is 23.2 Å². The van der Waals surface area contributed by atoms with Crippen molar-refractivity contribution in [2.75, 3.05) is 12.8 Å². The minimum atomic E-state index is -0.0563. The number of hydrogen-bond donors (Lipinski definition) is 3. The highest BCUT2D eigenvalue weighted by Crippen LogP contribution is 2.08. The van der Waals surface area contributed by atoms with Crippen LogP contribution in [0.25, 0.3) is 0 Å². The summed E-state index contributed by atoms with van der Waals surface area (Å²) in [6.45, 7) is 2.79. The molecule has 0 aliphatic rings. The summed E-state index contributed by atoms with van der Waals surface area (Å²) in [5.41, 5.74) is 15.6. The van der Waals surface area contributed by atoms with Crippen LogP contribution in [0, 0.1) is 0 Å². The van der Waals surface area contributed by atoms with E-state index >= 15 is 0 Å². The fourth-order valence-corrected chi connectivity index (χ4v) is 0.987. The Morgan fingerprint density at radius 3 is 2.46 bits per heavy atom. The molecule has 0 aromatic carbocycles. The Labute approximate surface area is 82.9 Å². The summed E-state index contributed by atoms with van der Waals surface area (Å²) in [5.74, 6) is 0.0902. The highest BCUT2D eigenvalue weighted by molar-refractivity contribution is 7.99. The Balaban J connectivity index is 3.78. The summed E-state index contributed by atoms with van der Waals surface area (Å²) >= 11 is 1.80. The third kappa shape index (κ3) is 7.45. The van der Waals surface area contributed by atoms with E-state index in [1.54, 1.807) is 11.8 Å². The predicted octanol–water partition coefficient (Wildman–Crippen LogP) is -0.284. The normalized spacial score (nSPS) is 13.8. The second kappa shape index (κ2) is 6.59. The van der Waals surface area contributed by atoms with Crippen LogP contribution in [0.4, 0.5) is 0 Å². The minimum absolute atomic E-state index is 0.0563. The Kier molecular flexibility index (Phi) is 6.13. The maximum atomic E-state index is 5.40. The second-order valence-corrected chi connectivity index (χ2v) is 3.89. The van der Waals surface area contributed by atoms with Gasteiger partial charge in [0.1, 0.15) is 0 Å². The Morgan fingerprint density at radius 1 is 1.38 bits per heavy atom. The van der Waals surface area contributed by atoms with Gasteiger partial charge in [0.25, 0.3) is 0 Å². The third-order valence-electron chi connectivity index (χ3n) is 1.46. The third-order valence-corrected chi connectivity index (χ3v) is 2.50. The van der Waals surface area contributed by atoms with Crippen molar-refractivity contribution in [1.29, 1.82) is 0 Å². The summed E-state index contributed by atoms with van der Waals surface area (Å²) in [6, 6.07) is 0. The molecular weight excluding hydrogens is 186 g/mol. The van der Waals surface area contributed by atoms with E-state index in [1.165, 1.54) is 0 Å². The van der Waals surface area contributed by atoms with Gasteiger partial charge in [0, 0.05) is 11.8 Å². The molecule has 1 unspecified atom stereocenters. The smallest absolute Gasteiger partial charge is 0.218 e. The second-order valence-electron chi connectivity index (χ2n) is 2.61. The summed E-state index contributed by atoms with van der Waals surface area (Å²) in [5, 5.41) is 0.579. The molecule has 0 aromatic heterocycles. The van der Waals surface area contributed by atoms with E-state index in [0.717, 1.165) is 6.42 Å². The van der Waals surface area contributed by atoms with Gasteiger partial charge >= 0.3 is 0 Å². The van der Waals surface area contributed by atoms with Crippen molar-refractivity contribution in [3.8, 4) is 0 Å². The molecule has 5 nitrogen and oxygen atoms in total. The minimum Gasteiger partial charge on any atom is -0.370 e. The molecule has 0 radical (unpaired) electrons. The van der Waals surface area contributed by atoms with Crippen LogP contribution >= 0.6 is 11.8 Å². The van der Waals surface area contributed by atoms with Gasteiger partial charge in [-0.25, -0.2) is 0 Å². The summed E-state index contributed by atoms with van der Waals surface area (Å²) < 4.78 is 0. The largest absolute Gasteiger partial charge is 0.370 e. The molecule has 0 saturated carbocycles. The number of hydrogen-bond acceptors (Lipinski definition) is 2. The van der Waals surface area contributed by atoms with Gasteiger partial charge < -0.3 is 17.2 Å². The molecule has 0 spiro atoms. The molecule has 13 heavy (non-hydrogen) atoms. The monoisotopic (exact) mass is 203 g/mol. The quantitative estimate of drug-likeness (QED) is 0.431. The van der Waals surface area contributed by atoms with Crippen molar-refractivity contribution in [3.05, 3.63) is 0 Å². The van der Waals surface area contributed by atoms with E-state index in [-0.39, 0.29) is 11.9 Å². The number of aliphatic imine (C=N–C) groups is 2. The van der Waals surface area contributed by atoms with Crippen LogP contribution in [0.2, 0.25) is 0 Å².